The van der Waals surface area contributed by atoms with E-state index in [0.29, 0.717) is 12.4 Å². The molecule has 1 heterocycles. The van der Waals surface area contributed by atoms with Crippen molar-refractivity contribution in [1.29, 1.82) is 5.41 Å². The van der Waals surface area contributed by atoms with Crippen LogP contribution < -0.4 is 11.5 Å². The van der Waals surface area contributed by atoms with E-state index in [9.17, 15) is 0 Å². The number of imidazole rings is 1. The maximum Gasteiger partial charge on any atom is 0.146 e. The van der Waals surface area contributed by atoms with E-state index in [4.69, 9.17) is 22.0 Å². The Labute approximate surface area is 69.3 Å². The number of nitrogens with one attached hydrogen (secondary N) is 1. The van der Waals surface area contributed by atoms with E-state index < -0.39 is 0 Å². The molecular formula is C6H11N5O. The Morgan fingerprint density at radius 2 is 2.42 bits per heavy atom. The molecule has 0 aromatic carbocycles. The summed E-state index contributed by atoms with van der Waals surface area (Å²) < 4.78 is 1.54. The number of aliphatic hydroxyl groups excluding tert-OH is 1. The molecule has 6 heteroatoms. The molecule has 12 heavy (non-hydrogen) atoms. The van der Waals surface area contributed by atoms with E-state index in [1.807, 2.05) is 0 Å². The smallest absolute Gasteiger partial charge is 0.146 e. The van der Waals surface area contributed by atoms with Crippen LogP contribution in [0.4, 0.5) is 5.82 Å². The average Bonchev–Trinajstić information content (AvgIpc) is 2.34. The Morgan fingerprint density at radius 3 is 2.83 bits per heavy atom. The van der Waals surface area contributed by atoms with Crippen LogP contribution in [0.1, 0.15) is 5.69 Å². The summed E-state index contributed by atoms with van der Waals surface area (Å²) in [6.45, 7) is 0.351. The first-order valence-electron chi connectivity index (χ1n) is 3.42. The Morgan fingerprint density at radius 1 is 1.75 bits per heavy atom. The van der Waals surface area contributed by atoms with Gasteiger partial charge in [-0.05, 0) is 0 Å². The lowest BCUT2D eigenvalue weighted by Gasteiger charge is -2.01. The van der Waals surface area contributed by atoms with Gasteiger partial charge < -0.3 is 21.1 Å². The zero-order chi connectivity index (χ0) is 9.14. The van der Waals surface area contributed by atoms with Crippen LogP contribution in [0.3, 0.4) is 0 Å². The number of nitrogens with two attached hydrogens (primary N) is 2. The molecule has 0 fully saturated rings. The van der Waals surface area contributed by atoms with Crippen LogP contribution in [-0.2, 0) is 6.54 Å². The number of rotatable bonds is 3. The zero-order valence-corrected chi connectivity index (χ0v) is 6.49. The molecule has 0 unspecified atom stereocenters. The molecule has 0 aliphatic rings. The van der Waals surface area contributed by atoms with Gasteiger partial charge in [0, 0.05) is 6.54 Å². The molecule has 0 spiro atoms. The number of nitrogen functional groups attached to an aromatic ring is 2. The quantitative estimate of drug-likeness (QED) is 0.334. The lowest BCUT2D eigenvalue weighted by atomic mass is 10.4. The molecule has 0 saturated heterocycles. The summed E-state index contributed by atoms with van der Waals surface area (Å²) in [5, 5.41) is 15.7. The molecule has 66 valence electrons. The number of hydrogen-bond acceptors (Lipinski definition) is 4. The predicted octanol–water partition coefficient (Wildman–Crippen LogP) is -1.26. The van der Waals surface area contributed by atoms with E-state index in [1.54, 1.807) is 0 Å². The number of anilines is 1. The first kappa shape index (κ1) is 8.54. The Bertz CT molecular complexity index is 292. The Kier molecular flexibility index (Phi) is 2.29. The van der Waals surface area contributed by atoms with Crippen LogP contribution in [0.2, 0.25) is 0 Å². The van der Waals surface area contributed by atoms with Gasteiger partial charge in [-0.3, -0.25) is 5.41 Å². The van der Waals surface area contributed by atoms with Crippen molar-refractivity contribution in [1.82, 2.24) is 9.55 Å². The van der Waals surface area contributed by atoms with Crippen LogP contribution in [0.5, 0.6) is 0 Å². The second-order valence-corrected chi connectivity index (χ2v) is 2.31. The molecule has 0 aliphatic carbocycles. The van der Waals surface area contributed by atoms with Crippen LogP contribution in [0.25, 0.3) is 0 Å². The molecule has 6 N–H and O–H groups in total. The number of aliphatic hydroxyl groups is 1. The van der Waals surface area contributed by atoms with Crippen molar-refractivity contribution in [2.45, 2.75) is 6.54 Å². The van der Waals surface area contributed by atoms with Crippen LogP contribution >= 0.6 is 0 Å². The highest BCUT2D eigenvalue weighted by molar-refractivity contribution is 5.97. The summed E-state index contributed by atoms with van der Waals surface area (Å²) in [5.74, 6) is 0.153. The van der Waals surface area contributed by atoms with Gasteiger partial charge >= 0.3 is 0 Å². The first-order chi connectivity index (χ1) is 5.66. The van der Waals surface area contributed by atoms with E-state index in [-0.39, 0.29) is 18.1 Å². The molecular weight excluding hydrogens is 158 g/mol. The number of nitrogens with zero attached hydrogens (tertiary/aromatic N) is 2. The van der Waals surface area contributed by atoms with Crippen LogP contribution in [0, 0.1) is 5.41 Å². The van der Waals surface area contributed by atoms with Gasteiger partial charge in [0.25, 0.3) is 0 Å². The summed E-state index contributed by atoms with van der Waals surface area (Å²) >= 11 is 0. The Hall–Kier alpha value is -1.56. The Balaban J connectivity index is 2.96. The van der Waals surface area contributed by atoms with E-state index in [1.165, 1.54) is 10.9 Å². The maximum atomic E-state index is 8.60. The second kappa shape index (κ2) is 3.22. The molecule has 0 bridgehead atoms. The predicted molar refractivity (Wildman–Crippen MR) is 44.7 cm³/mol. The number of aromatic nitrogens is 2. The summed E-state index contributed by atoms with van der Waals surface area (Å²) in [6, 6.07) is 0. The molecule has 1 aromatic heterocycles. The molecule has 6 nitrogen and oxygen atoms in total. The normalized spacial score (nSPS) is 10.1. The van der Waals surface area contributed by atoms with E-state index in [0.717, 1.165) is 0 Å². The lowest BCUT2D eigenvalue weighted by molar-refractivity contribution is 0.277. The highest BCUT2D eigenvalue weighted by atomic mass is 16.3. The van der Waals surface area contributed by atoms with Gasteiger partial charge in [0.2, 0.25) is 0 Å². The topological polar surface area (TPSA) is 114 Å². The lowest BCUT2D eigenvalue weighted by Crippen LogP contribution is -2.15. The van der Waals surface area contributed by atoms with Gasteiger partial charge in [-0.1, -0.05) is 0 Å². The minimum atomic E-state index is -0.163. The SMILES string of the molecule is N=C(N)c1ncn(CCO)c1N. The van der Waals surface area contributed by atoms with Crippen LogP contribution in [0.15, 0.2) is 6.33 Å². The number of hydrogen-bond donors (Lipinski definition) is 4. The van der Waals surface area contributed by atoms with Gasteiger partial charge in [-0.2, -0.15) is 0 Å². The third-order valence-corrected chi connectivity index (χ3v) is 1.47. The summed E-state index contributed by atoms with van der Waals surface area (Å²) in [4.78, 5) is 3.81. The average molecular weight is 169 g/mol. The third-order valence-electron chi connectivity index (χ3n) is 1.47. The molecule has 0 amide bonds. The summed E-state index contributed by atoms with van der Waals surface area (Å²) in [7, 11) is 0. The van der Waals surface area contributed by atoms with Crippen molar-refractivity contribution in [2.24, 2.45) is 5.73 Å². The molecule has 0 aliphatic heterocycles. The van der Waals surface area contributed by atoms with Crippen molar-refractivity contribution < 1.29 is 5.11 Å². The fraction of sp³-hybridized carbons (Fsp3) is 0.333. The van der Waals surface area contributed by atoms with E-state index >= 15 is 0 Å². The highest BCUT2D eigenvalue weighted by Crippen LogP contribution is 2.07. The second-order valence-electron chi connectivity index (χ2n) is 2.31. The van der Waals surface area contributed by atoms with Crippen molar-refractivity contribution in [3.8, 4) is 0 Å². The van der Waals surface area contributed by atoms with Gasteiger partial charge in [-0.15, -0.1) is 0 Å². The van der Waals surface area contributed by atoms with Crippen molar-refractivity contribution in [3.63, 3.8) is 0 Å². The molecule has 0 radical (unpaired) electrons. The standard InChI is InChI=1S/C6H11N5O/c7-5(8)4-6(9)11(1-2-12)3-10-4/h3,12H,1-2,9H2,(H3,7,8). The fourth-order valence-electron chi connectivity index (χ4n) is 0.885. The largest absolute Gasteiger partial charge is 0.395 e. The molecule has 0 atom stereocenters. The monoisotopic (exact) mass is 169 g/mol. The summed E-state index contributed by atoms with van der Waals surface area (Å²) in [5.41, 5.74) is 11.0. The molecule has 1 rings (SSSR count). The van der Waals surface area contributed by atoms with Crippen molar-refractivity contribution in [3.05, 3.63) is 12.0 Å². The summed E-state index contributed by atoms with van der Waals surface area (Å²) in [6.07, 6.45) is 1.45. The van der Waals surface area contributed by atoms with E-state index in [2.05, 4.69) is 4.98 Å². The maximum absolute atomic E-state index is 8.60. The molecule has 0 saturated carbocycles. The van der Waals surface area contributed by atoms with Gasteiger partial charge in [0.05, 0.1) is 12.9 Å². The highest BCUT2D eigenvalue weighted by Gasteiger charge is 2.08. The van der Waals surface area contributed by atoms with Gasteiger partial charge in [0.1, 0.15) is 17.3 Å². The van der Waals surface area contributed by atoms with Crippen LogP contribution in [-0.4, -0.2) is 27.1 Å². The third kappa shape index (κ3) is 1.37. The minimum absolute atomic E-state index is 0.0160. The molecule has 1 aromatic rings. The zero-order valence-electron chi connectivity index (χ0n) is 6.49. The first-order valence-corrected chi connectivity index (χ1v) is 3.42. The minimum Gasteiger partial charge on any atom is -0.395 e. The number of amidine groups is 1. The van der Waals surface area contributed by atoms with Crippen molar-refractivity contribution >= 4 is 11.7 Å². The van der Waals surface area contributed by atoms with Gasteiger partial charge in [-0.25, -0.2) is 4.98 Å². The van der Waals surface area contributed by atoms with Crippen molar-refractivity contribution in [2.75, 3.05) is 12.3 Å². The fourth-order valence-corrected chi connectivity index (χ4v) is 0.885. The van der Waals surface area contributed by atoms with Gasteiger partial charge in [0.15, 0.2) is 0 Å².